The average Bonchev–Trinajstić information content (AvgIpc) is 3.56. The molecule has 1 aliphatic carbocycles. The summed E-state index contributed by atoms with van der Waals surface area (Å²) in [7, 11) is 1.64. The van der Waals surface area contributed by atoms with Crippen molar-refractivity contribution in [2.45, 2.75) is 82.4 Å². The summed E-state index contributed by atoms with van der Waals surface area (Å²) in [6, 6.07) is 0. The van der Waals surface area contributed by atoms with Crippen LogP contribution in [0.15, 0.2) is 11.6 Å². The molecule has 1 spiro atoms. The van der Waals surface area contributed by atoms with Gasteiger partial charge in [0, 0.05) is 20.1 Å². The van der Waals surface area contributed by atoms with Crippen LogP contribution in [0.1, 0.15) is 52.9 Å². The zero-order valence-corrected chi connectivity index (χ0v) is 17.7. The molecule has 1 amide bonds. The fraction of sp³-hybridized carbons (Fsp3) is 0.810. The van der Waals surface area contributed by atoms with E-state index in [-0.39, 0.29) is 42.3 Å². The predicted molar refractivity (Wildman–Crippen MR) is 105 cm³/mol. The van der Waals surface area contributed by atoms with Crippen molar-refractivity contribution in [3.05, 3.63) is 11.6 Å². The Bertz CT molecular complexity index is 655. The number of carbonyl (C=O) groups is 2. The summed E-state index contributed by atoms with van der Waals surface area (Å²) in [4.78, 5) is 22.8. The minimum atomic E-state index is -0.884. The Morgan fingerprint density at radius 2 is 2.07 bits per heavy atom. The van der Waals surface area contributed by atoms with Crippen LogP contribution < -0.4 is 5.32 Å². The molecule has 0 radical (unpaired) electrons. The van der Waals surface area contributed by atoms with Crippen molar-refractivity contribution in [2.24, 2.45) is 5.92 Å². The lowest BCUT2D eigenvalue weighted by atomic mass is 9.68. The van der Waals surface area contributed by atoms with Crippen LogP contribution in [0.25, 0.3) is 0 Å². The van der Waals surface area contributed by atoms with E-state index in [2.05, 4.69) is 32.2 Å². The third-order valence-corrected chi connectivity index (χ3v) is 6.33. The van der Waals surface area contributed by atoms with Gasteiger partial charge >= 0.3 is 12.1 Å². The molecule has 8 heteroatoms. The molecule has 3 aliphatic rings. The Morgan fingerprint density at radius 1 is 1.34 bits per heavy atom. The number of methoxy groups -OCH3 is 1. The molecule has 0 aromatic carbocycles. The Hall–Kier alpha value is -1.64. The van der Waals surface area contributed by atoms with E-state index in [9.17, 15) is 9.59 Å². The summed E-state index contributed by atoms with van der Waals surface area (Å²) >= 11 is 0. The monoisotopic (exact) mass is 411 g/mol. The van der Waals surface area contributed by atoms with Gasteiger partial charge in [-0.3, -0.25) is 4.79 Å². The van der Waals surface area contributed by atoms with E-state index in [0.717, 1.165) is 12.8 Å². The third-order valence-electron chi connectivity index (χ3n) is 6.33. The lowest BCUT2D eigenvalue weighted by Gasteiger charge is -2.42. The summed E-state index contributed by atoms with van der Waals surface area (Å²) in [6.45, 7) is 7.19. The minimum absolute atomic E-state index is 0.00903. The minimum Gasteiger partial charge on any atom is -0.481 e. The highest BCUT2D eigenvalue weighted by atomic mass is 16.6. The van der Waals surface area contributed by atoms with Crippen LogP contribution >= 0.6 is 0 Å². The molecular formula is C21H33NO7. The number of hydrogen-bond acceptors (Lipinski definition) is 6. The van der Waals surface area contributed by atoms with E-state index in [1.165, 1.54) is 5.57 Å². The second-order valence-corrected chi connectivity index (χ2v) is 8.75. The molecule has 2 N–H and O–H groups in total. The first kappa shape index (κ1) is 22.1. The third kappa shape index (κ3) is 4.92. The number of carbonyl (C=O) groups excluding carboxylic acids is 1. The molecule has 2 aliphatic heterocycles. The van der Waals surface area contributed by atoms with E-state index in [4.69, 9.17) is 24.1 Å². The highest BCUT2D eigenvalue weighted by Gasteiger charge is 2.72. The normalized spacial score (nSPS) is 37.7. The molecule has 0 aromatic rings. The number of nitrogens with one attached hydrogen (secondary N) is 1. The number of amides is 1. The molecule has 2 saturated heterocycles. The Labute approximate surface area is 171 Å². The van der Waals surface area contributed by atoms with Gasteiger partial charge in [-0.25, -0.2) is 4.79 Å². The van der Waals surface area contributed by atoms with Crippen molar-refractivity contribution < 1.29 is 33.6 Å². The van der Waals surface area contributed by atoms with E-state index in [1.807, 2.05) is 0 Å². The topological polar surface area (TPSA) is 110 Å². The summed E-state index contributed by atoms with van der Waals surface area (Å²) < 4.78 is 23.5. The van der Waals surface area contributed by atoms with Crippen molar-refractivity contribution in [1.82, 2.24) is 5.32 Å². The maximum atomic E-state index is 12.2. The van der Waals surface area contributed by atoms with Crippen LogP contribution in [0.3, 0.4) is 0 Å². The zero-order chi connectivity index (χ0) is 21.2. The highest BCUT2D eigenvalue weighted by Crippen LogP contribution is 2.59. The lowest BCUT2D eigenvalue weighted by Crippen LogP contribution is -2.56. The fourth-order valence-corrected chi connectivity index (χ4v) is 4.68. The fourth-order valence-electron chi connectivity index (χ4n) is 4.68. The van der Waals surface area contributed by atoms with Gasteiger partial charge < -0.3 is 29.4 Å². The maximum Gasteiger partial charge on any atom is 0.407 e. The van der Waals surface area contributed by atoms with Gasteiger partial charge in [0.05, 0.1) is 18.6 Å². The number of aliphatic carboxylic acids is 1. The lowest BCUT2D eigenvalue weighted by molar-refractivity contribution is -0.137. The largest absolute Gasteiger partial charge is 0.481 e. The number of hydrogen-bond donors (Lipinski definition) is 2. The van der Waals surface area contributed by atoms with Gasteiger partial charge in [0.2, 0.25) is 0 Å². The van der Waals surface area contributed by atoms with Gasteiger partial charge in [0.15, 0.2) is 0 Å². The van der Waals surface area contributed by atoms with E-state index >= 15 is 0 Å². The molecule has 1 saturated carbocycles. The number of rotatable bonds is 9. The maximum absolute atomic E-state index is 12.2. The summed E-state index contributed by atoms with van der Waals surface area (Å²) in [5, 5.41) is 11.3. The molecule has 3 fully saturated rings. The molecule has 3 rings (SSSR count). The molecule has 6 unspecified atom stereocenters. The second kappa shape index (κ2) is 8.62. The summed E-state index contributed by atoms with van der Waals surface area (Å²) in [5.74, 6) is -0.904. The second-order valence-electron chi connectivity index (χ2n) is 8.75. The van der Waals surface area contributed by atoms with Crippen molar-refractivity contribution in [3.63, 3.8) is 0 Å². The van der Waals surface area contributed by atoms with Crippen LogP contribution in [-0.2, 0) is 23.7 Å². The van der Waals surface area contributed by atoms with Gasteiger partial charge in [-0.05, 0) is 46.5 Å². The first-order valence-electron chi connectivity index (χ1n) is 10.4. The quantitative estimate of drug-likeness (QED) is 0.341. The van der Waals surface area contributed by atoms with E-state index in [1.54, 1.807) is 7.11 Å². The van der Waals surface area contributed by atoms with Crippen molar-refractivity contribution in [1.29, 1.82) is 0 Å². The summed E-state index contributed by atoms with van der Waals surface area (Å²) in [6.07, 6.45) is 3.69. The predicted octanol–water partition coefficient (Wildman–Crippen LogP) is 2.65. The molecular weight excluding hydrogens is 378 g/mol. The Morgan fingerprint density at radius 3 is 2.66 bits per heavy atom. The number of carboxylic acid groups (broad SMARTS) is 1. The first-order chi connectivity index (χ1) is 13.7. The van der Waals surface area contributed by atoms with Crippen LogP contribution in [0.2, 0.25) is 0 Å². The average molecular weight is 411 g/mol. The number of carboxylic acids is 1. The van der Waals surface area contributed by atoms with Gasteiger partial charge in [0.25, 0.3) is 0 Å². The number of ether oxygens (including phenoxy) is 4. The van der Waals surface area contributed by atoms with Crippen LogP contribution in [-0.4, -0.2) is 66.9 Å². The standard InChI is InChI=1S/C21H33NO7/c1-13(2)7-8-15-20(3,29-15)18-17(26-4)14(9-10-21(18)12-27-21)28-19(25)22-11-5-6-16(23)24/h7,14-15,17-18H,5-6,8-12H2,1-4H3,(H,22,25)(H,23,24). The molecule has 6 atom stereocenters. The van der Waals surface area contributed by atoms with Crippen LogP contribution in [0, 0.1) is 5.92 Å². The number of alkyl carbamates (subject to hydrolysis) is 1. The van der Waals surface area contributed by atoms with Gasteiger partial charge in [-0.15, -0.1) is 0 Å². The van der Waals surface area contributed by atoms with Crippen LogP contribution in [0.4, 0.5) is 4.79 Å². The molecule has 29 heavy (non-hydrogen) atoms. The molecule has 164 valence electrons. The SMILES string of the molecule is COC1C(OC(=O)NCCCC(=O)O)CCC2(CO2)C1C1(C)OC1CC=C(C)C. The summed E-state index contributed by atoms with van der Waals surface area (Å²) in [5.41, 5.74) is 0.628. The van der Waals surface area contributed by atoms with Crippen LogP contribution in [0.5, 0.6) is 0 Å². The zero-order valence-electron chi connectivity index (χ0n) is 17.7. The molecule has 2 heterocycles. The Kier molecular flexibility index (Phi) is 6.55. The number of allylic oxidation sites excluding steroid dienone is 1. The van der Waals surface area contributed by atoms with Gasteiger partial charge in [-0.1, -0.05) is 11.6 Å². The Balaban J connectivity index is 1.62. The molecule has 0 bridgehead atoms. The van der Waals surface area contributed by atoms with Gasteiger partial charge in [-0.2, -0.15) is 0 Å². The van der Waals surface area contributed by atoms with Crippen molar-refractivity contribution in [2.75, 3.05) is 20.3 Å². The molecule has 0 aromatic heterocycles. The highest BCUT2D eigenvalue weighted by molar-refractivity contribution is 5.68. The van der Waals surface area contributed by atoms with Gasteiger partial charge in [0.1, 0.15) is 23.4 Å². The smallest absolute Gasteiger partial charge is 0.407 e. The van der Waals surface area contributed by atoms with E-state index < -0.39 is 18.2 Å². The van der Waals surface area contributed by atoms with Crippen molar-refractivity contribution >= 4 is 12.1 Å². The number of epoxide rings is 2. The van der Waals surface area contributed by atoms with E-state index in [0.29, 0.717) is 19.4 Å². The van der Waals surface area contributed by atoms with Crippen molar-refractivity contribution in [3.8, 4) is 0 Å². The molecule has 8 nitrogen and oxygen atoms in total. The first-order valence-corrected chi connectivity index (χ1v) is 10.4.